The highest BCUT2D eigenvalue weighted by Crippen LogP contribution is 2.10. The van der Waals surface area contributed by atoms with Crippen LogP contribution in [0, 0.1) is 0 Å². The zero-order valence-corrected chi connectivity index (χ0v) is 35.5. The molecule has 0 radical (unpaired) electrons. The second-order valence-corrected chi connectivity index (χ2v) is 14.5. The maximum absolute atomic E-state index is 12.7. The number of carboxylic acids is 1. The molecule has 0 spiro atoms. The van der Waals surface area contributed by atoms with Crippen molar-refractivity contribution in [1.29, 1.82) is 0 Å². The number of carbonyl (C=O) groups excluding carboxylic acids is 3. The molecule has 2 atom stereocenters. The first-order valence-electron chi connectivity index (χ1n) is 20.9. The molecule has 0 aromatic carbocycles. The van der Waals surface area contributed by atoms with Crippen molar-refractivity contribution in [2.24, 2.45) is 0 Å². The van der Waals surface area contributed by atoms with Crippen LogP contribution in [-0.2, 0) is 28.6 Å². The summed E-state index contributed by atoms with van der Waals surface area (Å²) in [5, 5.41) is 11.6. The Balaban J connectivity index is 4.58. The number of quaternary nitrogens is 1. The summed E-state index contributed by atoms with van der Waals surface area (Å²) >= 11 is 0. The number of aliphatic carboxylic acids is 1. The third-order valence-corrected chi connectivity index (χ3v) is 8.40. The number of ether oxygens (including phenoxy) is 3. The normalized spacial score (nSPS) is 14.1. The number of allylic oxidation sites excluding steroid dienone is 18. The quantitative estimate of drug-likeness (QED) is 0.0273. The monoisotopic (exact) mass is 778 g/mol. The number of hydrogen-bond donors (Lipinski definition) is 0. The fourth-order valence-electron chi connectivity index (χ4n) is 5.21. The van der Waals surface area contributed by atoms with Gasteiger partial charge in [0.05, 0.1) is 40.3 Å². The highest BCUT2D eigenvalue weighted by Gasteiger charge is 2.25. The second kappa shape index (κ2) is 37.9. The van der Waals surface area contributed by atoms with Gasteiger partial charge >= 0.3 is 11.9 Å². The van der Waals surface area contributed by atoms with Crippen molar-refractivity contribution in [3.63, 3.8) is 0 Å². The molecule has 0 amide bonds. The Bertz CT molecular complexity index is 1280. The predicted molar refractivity (Wildman–Crippen MR) is 231 cm³/mol. The molecule has 8 nitrogen and oxygen atoms in total. The van der Waals surface area contributed by atoms with Crippen LogP contribution in [0.3, 0.4) is 0 Å². The summed E-state index contributed by atoms with van der Waals surface area (Å²) in [5.74, 6) is -1.89. The minimum absolute atomic E-state index is 0.00344. The standard InChI is InChI=1S/C48H75NO7/c1-6-8-10-12-14-16-18-20-22-23-25-27-29-31-33-35-37-39-47(51)56-44(42-54-41-40-45(48(52)53)49(3,4)5)43-55-46(50)38-36-34-32-30-28-26-24-21-19-17-15-13-11-9-7-2/h8-11,14-17,20-22,24-25,27-28,30-31,33,44-45H,6-7,12-13,18-19,23,26,29,32,34-43H2,1-5H3/b10-8-,11-9-,16-14-,17-15-,22-20-,24-21-,27-25-,30-28-,33-31-. The van der Waals surface area contributed by atoms with Crippen molar-refractivity contribution in [2.75, 3.05) is 41.0 Å². The van der Waals surface area contributed by atoms with Crippen molar-refractivity contribution in [2.45, 2.75) is 135 Å². The Kier molecular flexibility index (Phi) is 35.2. The number of nitrogens with zero attached hydrogens (tertiary/aromatic N) is 1. The van der Waals surface area contributed by atoms with E-state index in [1.165, 1.54) is 0 Å². The molecule has 0 saturated heterocycles. The summed E-state index contributed by atoms with van der Waals surface area (Å²) in [4.78, 5) is 36.8. The van der Waals surface area contributed by atoms with Crippen LogP contribution in [0.2, 0.25) is 0 Å². The molecule has 314 valence electrons. The minimum Gasteiger partial charge on any atom is -0.544 e. The zero-order chi connectivity index (χ0) is 41.4. The van der Waals surface area contributed by atoms with E-state index in [1.54, 1.807) is 21.1 Å². The lowest BCUT2D eigenvalue weighted by molar-refractivity contribution is -0.889. The number of carbonyl (C=O) groups is 3. The summed E-state index contributed by atoms with van der Waals surface area (Å²) in [6, 6.07) is -0.749. The molecule has 0 aromatic heterocycles. The summed E-state index contributed by atoms with van der Waals surface area (Å²) in [6.45, 7) is 4.29. The van der Waals surface area contributed by atoms with Gasteiger partial charge in [-0.15, -0.1) is 0 Å². The summed E-state index contributed by atoms with van der Waals surface area (Å²) in [6.07, 6.45) is 51.3. The largest absolute Gasteiger partial charge is 0.544 e. The third kappa shape index (κ3) is 35.7. The average molecular weight is 778 g/mol. The Hall–Kier alpha value is -4.01. The van der Waals surface area contributed by atoms with E-state index in [1.807, 2.05) is 0 Å². The number of hydrogen-bond acceptors (Lipinski definition) is 7. The molecule has 0 aliphatic rings. The Morgan fingerprint density at radius 2 is 0.946 bits per heavy atom. The molecule has 0 N–H and O–H groups in total. The number of likely N-dealkylation sites (N-methyl/N-ethyl adjacent to an activating group) is 1. The average Bonchev–Trinajstić information content (AvgIpc) is 3.15. The molecule has 0 aromatic rings. The van der Waals surface area contributed by atoms with Gasteiger partial charge in [0.25, 0.3) is 0 Å². The molecule has 0 heterocycles. The first kappa shape index (κ1) is 52.0. The van der Waals surface area contributed by atoms with Gasteiger partial charge in [-0.1, -0.05) is 123 Å². The zero-order valence-electron chi connectivity index (χ0n) is 35.5. The van der Waals surface area contributed by atoms with Crippen LogP contribution in [0.5, 0.6) is 0 Å². The molecule has 0 saturated carbocycles. The van der Waals surface area contributed by atoms with E-state index < -0.39 is 18.1 Å². The molecule has 0 aliphatic heterocycles. The number of unbranched alkanes of at least 4 members (excludes halogenated alkanes) is 3. The lowest BCUT2D eigenvalue weighted by Gasteiger charge is -2.34. The van der Waals surface area contributed by atoms with Crippen LogP contribution in [-0.4, -0.2) is 75.5 Å². The Morgan fingerprint density at radius 1 is 0.536 bits per heavy atom. The molecule has 0 aliphatic carbocycles. The molecule has 0 fully saturated rings. The van der Waals surface area contributed by atoms with Gasteiger partial charge in [-0.25, -0.2) is 0 Å². The van der Waals surface area contributed by atoms with Gasteiger partial charge in [0.15, 0.2) is 6.10 Å². The van der Waals surface area contributed by atoms with Gasteiger partial charge in [0, 0.05) is 19.3 Å². The van der Waals surface area contributed by atoms with Gasteiger partial charge < -0.3 is 28.6 Å². The number of carboxylic acid groups (broad SMARTS) is 1. The van der Waals surface area contributed by atoms with Crippen LogP contribution in [0.25, 0.3) is 0 Å². The number of rotatable bonds is 35. The maximum Gasteiger partial charge on any atom is 0.306 e. The van der Waals surface area contributed by atoms with Gasteiger partial charge in [0.1, 0.15) is 12.6 Å². The van der Waals surface area contributed by atoms with E-state index in [0.29, 0.717) is 12.8 Å². The molecule has 2 unspecified atom stereocenters. The van der Waals surface area contributed by atoms with Crippen molar-refractivity contribution >= 4 is 17.9 Å². The van der Waals surface area contributed by atoms with E-state index in [2.05, 4.69) is 123 Å². The maximum atomic E-state index is 12.7. The number of esters is 2. The fourth-order valence-corrected chi connectivity index (χ4v) is 5.21. The summed E-state index contributed by atoms with van der Waals surface area (Å²) in [7, 11) is 5.35. The Morgan fingerprint density at radius 3 is 1.38 bits per heavy atom. The molecular formula is C48H75NO7. The first-order valence-corrected chi connectivity index (χ1v) is 20.9. The van der Waals surface area contributed by atoms with E-state index in [4.69, 9.17) is 14.2 Å². The van der Waals surface area contributed by atoms with Crippen LogP contribution in [0.15, 0.2) is 109 Å². The van der Waals surface area contributed by atoms with Gasteiger partial charge in [-0.3, -0.25) is 9.59 Å². The highest BCUT2D eigenvalue weighted by atomic mass is 16.6. The Labute approximate surface area is 340 Å². The van der Waals surface area contributed by atoms with Crippen molar-refractivity contribution in [3.05, 3.63) is 109 Å². The van der Waals surface area contributed by atoms with Crippen LogP contribution >= 0.6 is 0 Å². The summed E-state index contributed by atoms with van der Waals surface area (Å²) < 4.78 is 17.0. The topological polar surface area (TPSA) is 102 Å². The fraction of sp³-hybridized carbons (Fsp3) is 0.562. The molecule has 0 rings (SSSR count). The van der Waals surface area contributed by atoms with Crippen LogP contribution in [0.4, 0.5) is 0 Å². The lowest BCUT2D eigenvalue weighted by atomic mass is 10.1. The minimum atomic E-state index is -1.15. The first-order chi connectivity index (χ1) is 27.1. The summed E-state index contributed by atoms with van der Waals surface area (Å²) in [5.41, 5.74) is 0. The highest BCUT2D eigenvalue weighted by molar-refractivity contribution is 5.70. The van der Waals surface area contributed by atoms with Crippen LogP contribution < -0.4 is 5.11 Å². The van der Waals surface area contributed by atoms with E-state index in [0.717, 1.165) is 77.0 Å². The van der Waals surface area contributed by atoms with Gasteiger partial charge in [0.2, 0.25) is 0 Å². The molecule has 8 heteroatoms. The van der Waals surface area contributed by atoms with E-state index in [9.17, 15) is 19.5 Å². The molecule has 56 heavy (non-hydrogen) atoms. The third-order valence-electron chi connectivity index (χ3n) is 8.40. The van der Waals surface area contributed by atoms with Crippen LogP contribution in [0.1, 0.15) is 123 Å². The molecule has 0 bridgehead atoms. The van der Waals surface area contributed by atoms with Crippen molar-refractivity contribution in [1.82, 2.24) is 0 Å². The van der Waals surface area contributed by atoms with Crippen molar-refractivity contribution in [3.8, 4) is 0 Å². The van der Waals surface area contributed by atoms with Gasteiger partial charge in [-0.2, -0.15) is 0 Å². The van der Waals surface area contributed by atoms with E-state index >= 15 is 0 Å². The van der Waals surface area contributed by atoms with E-state index in [-0.39, 0.29) is 55.5 Å². The predicted octanol–water partition coefficient (Wildman–Crippen LogP) is 9.96. The molecular weight excluding hydrogens is 703 g/mol. The second-order valence-electron chi connectivity index (χ2n) is 14.5. The van der Waals surface area contributed by atoms with Gasteiger partial charge in [-0.05, 0) is 89.9 Å². The van der Waals surface area contributed by atoms with Crippen molar-refractivity contribution < 1.29 is 38.2 Å². The lowest BCUT2D eigenvalue weighted by Crippen LogP contribution is -2.55. The smallest absolute Gasteiger partial charge is 0.306 e. The SMILES string of the molecule is CC/C=C\C/C=C\C/C=C\C/C=C\C/C=C\CCCC(=O)OC(COCCC(C(=O)[O-])[N+](C)(C)C)COC(=O)CCCC/C=C\C/C=C\C/C=C\C/C=C\CC.